The summed E-state index contributed by atoms with van der Waals surface area (Å²) in [7, 11) is -1.84. The highest BCUT2D eigenvalue weighted by atomic mass is 32.1. The van der Waals surface area contributed by atoms with E-state index in [9.17, 15) is 0 Å². The van der Waals surface area contributed by atoms with Crippen LogP contribution in [0.15, 0.2) is 48.7 Å². The van der Waals surface area contributed by atoms with Gasteiger partial charge in [0.1, 0.15) is 16.6 Å². The zero-order valence-electron chi connectivity index (χ0n) is 17.1. The Labute approximate surface area is 171 Å². The Hall–Kier alpha value is -2.44. The first kappa shape index (κ1) is 20.3. The van der Waals surface area contributed by atoms with Gasteiger partial charge in [0.05, 0.1) is 10.2 Å². The highest BCUT2D eigenvalue weighted by molar-refractivity contribution is 7.19. The predicted molar refractivity (Wildman–Crippen MR) is 124 cm³/mol. The molecule has 0 aliphatic rings. The quantitative estimate of drug-likeness (QED) is 0.392. The second-order valence-electron chi connectivity index (χ2n) is 8.28. The fourth-order valence-corrected chi connectivity index (χ4v) is 4.26. The molecule has 6 heteroatoms. The summed E-state index contributed by atoms with van der Waals surface area (Å²) in [6.45, 7) is 11.3. The Balaban J connectivity index is 1.73. The number of allylic oxidation sites excluding steroid dienone is 2. The second kappa shape index (κ2) is 7.89. The van der Waals surface area contributed by atoms with Crippen molar-refractivity contribution >= 4 is 47.8 Å². The van der Waals surface area contributed by atoms with Gasteiger partial charge in [-0.15, -0.1) is 11.3 Å². The number of fused-ring (bicyclic) bond motifs is 1. The van der Waals surface area contributed by atoms with Crippen LogP contribution in [0.1, 0.15) is 31.3 Å². The molecule has 0 saturated heterocycles. The molecule has 3 rings (SSSR count). The van der Waals surface area contributed by atoms with Crippen LogP contribution in [-0.2, 0) is 0 Å². The van der Waals surface area contributed by atoms with Crippen molar-refractivity contribution in [2.24, 2.45) is 0 Å². The summed E-state index contributed by atoms with van der Waals surface area (Å²) < 4.78 is 7.55. The largest absolute Gasteiger partial charge is 0.543 e. The number of nitrogen functional groups attached to an aromatic ring is 1. The van der Waals surface area contributed by atoms with Gasteiger partial charge in [0, 0.05) is 6.20 Å². The van der Waals surface area contributed by atoms with Crippen LogP contribution in [0.3, 0.4) is 0 Å². The number of benzene rings is 1. The van der Waals surface area contributed by atoms with Crippen molar-refractivity contribution in [3.8, 4) is 5.75 Å². The van der Waals surface area contributed by atoms with Crippen molar-refractivity contribution in [3.05, 3.63) is 59.3 Å². The third kappa shape index (κ3) is 4.88. The van der Waals surface area contributed by atoms with Gasteiger partial charge in [-0.1, -0.05) is 39.0 Å². The summed E-state index contributed by atoms with van der Waals surface area (Å²) >= 11 is 1.67. The number of hydrogen-bond acceptors (Lipinski definition) is 5. The minimum Gasteiger partial charge on any atom is -0.543 e. The van der Waals surface area contributed by atoms with Crippen molar-refractivity contribution < 1.29 is 4.43 Å². The molecule has 2 heterocycles. The number of thiazole rings is 1. The Bertz CT molecular complexity index is 1010. The molecule has 1 aromatic carbocycles. The maximum absolute atomic E-state index is 6.41. The highest BCUT2D eigenvalue weighted by Gasteiger charge is 2.38. The second-order valence-corrected chi connectivity index (χ2v) is 14.1. The van der Waals surface area contributed by atoms with E-state index in [1.807, 2.05) is 42.5 Å². The summed E-state index contributed by atoms with van der Waals surface area (Å²) in [6, 6.07) is 9.92. The standard InChI is InChI=1S/C22H27N3OSSi/c1-22(2,3)28(4,5)26-17-11-12-18-19(14-17)27-21(25-18)9-7-6-8-16-10-13-20(23)24-15-16/h6-15H,1-5H3,(H2,23,24). The molecule has 2 aromatic heterocycles. The van der Waals surface area contributed by atoms with Crippen LogP contribution in [0, 0.1) is 0 Å². The molecule has 4 nitrogen and oxygen atoms in total. The zero-order valence-corrected chi connectivity index (χ0v) is 18.9. The van der Waals surface area contributed by atoms with Gasteiger partial charge in [-0.25, -0.2) is 9.97 Å². The van der Waals surface area contributed by atoms with Crippen LogP contribution >= 0.6 is 11.3 Å². The van der Waals surface area contributed by atoms with Gasteiger partial charge in [-0.05, 0) is 60.1 Å². The Morgan fingerprint density at radius 1 is 1.07 bits per heavy atom. The maximum atomic E-state index is 6.41. The van der Waals surface area contributed by atoms with Gasteiger partial charge in [0.15, 0.2) is 0 Å². The number of nitrogens with zero attached hydrogens (tertiary/aromatic N) is 2. The number of nitrogens with two attached hydrogens (primary N) is 1. The van der Waals surface area contributed by atoms with Gasteiger partial charge in [0.2, 0.25) is 8.32 Å². The maximum Gasteiger partial charge on any atom is 0.250 e. The van der Waals surface area contributed by atoms with Crippen LogP contribution in [0.25, 0.3) is 22.4 Å². The molecule has 2 N–H and O–H groups in total. The minimum absolute atomic E-state index is 0.176. The first-order valence-electron chi connectivity index (χ1n) is 9.30. The lowest BCUT2D eigenvalue weighted by Gasteiger charge is -2.36. The van der Waals surface area contributed by atoms with Crippen molar-refractivity contribution in [2.75, 3.05) is 5.73 Å². The van der Waals surface area contributed by atoms with E-state index in [1.54, 1.807) is 23.6 Å². The van der Waals surface area contributed by atoms with Gasteiger partial charge in [0.25, 0.3) is 0 Å². The lowest BCUT2D eigenvalue weighted by molar-refractivity contribution is 0.493. The van der Waals surface area contributed by atoms with Crippen LogP contribution in [-0.4, -0.2) is 18.3 Å². The zero-order chi connectivity index (χ0) is 20.4. The molecule has 0 aliphatic heterocycles. The van der Waals surface area contributed by atoms with Crippen LogP contribution in [0.5, 0.6) is 5.75 Å². The monoisotopic (exact) mass is 409 g/mol. The average molecular weight is 410 g/mol. The van der Waals surface area contributed by atoms with E-state index in [2.05, 4.69) is 49.9 Å². The summed E-state index contributed by atoms with van der Waals surface area (Å²) in [6.07, 6.45) is 9.72. The number of hydrogen-bond donors (Lipinski definition) is 1. The molecular weight excluding hydrogens is 382 g/mol. The first-order valence-corrected chi connectivity index (χ1v) is 13.0. The Morgan fingerprint density at radius 2 is 1.82 bits per heavy atom. The number of rotatable bonds is 5. The number of anilines is 1. The smallest absolute Gasteiger partial charge is 0.250 e. The molecule has 0 saturated carbocycles. The summed E-state index contributed by atoms with van der Waals surface area (Å²) in [5.74, 6) is 1.47. The molecule has 146 valence electrons. The van der Waals surface area contributed by atoms with Gasteiger partial charge < -0.3 is 10.2 Å². The van der Waals surface area contributed by atoms with Crippen molar-refractivity contribution in [1.29, 1.82) is 0 Å². The molecule has 0 atom stereocenters. The van der Waals surface area contributed by atoms with Crippen molar-refractivity contribution in [3.63, 3.8) is 0 Å². The van der Waals surface area contributed by atoms with E-state index < -0.39 is 8.32 Å². The fraction of sp³-hybridized carbons (Fsp3) is 0.273. The number of pyridine rings is 1. The normalized spacial score (nSPS) is 13.0. The molecule has 28 heavy (non-hydrogen) atoms. The van der Waals surface area contributed by atoms with Crippen LogP contribution in [0.4, 0.5) is 5.82 Å². The van der Waals surface area contributed by atoms with E-state index in [4.69, 9.17) is 10.2 Å². The van der Waals surface area contributed by atoms with E-state index in [-0.39, 0.29) is 5.04 Å². The molecule has 0 bridgehead atoms. The van der Waals surface area contributed by atoms with Crippen molar-refractivity contribution in [1.82, 2.24) is 9.97 Å². The minimum atomic E-state index is -1.84. The third-order valence-electron chi connectivity index (χ3n) is 5.00. The molecule has 0 spiro atoms. The molecule has 0 aliphatic carbocycles. The highest BCUT2D eigenvalue weighted by Crippen LogP contribution is 2.38. The predicted octanol–water partition coefficient (Wildman–Crippen LogP) is 6.38. The van der Waals surface area contributed by atoms with Crippen molar-refractivity contribution in [2.45, 2.75) is 38.9 Å². The molecule has 0 unspecified atom stereocenters. The Morgan fingerprint density at radius 3 is 2.50 bits per heavy atom. The summed E-state index contributed by atoms with van der Waals surface area (Å²) in [5, 5.41) is 1.15. The summed E-state index contributed by atoms with van der Waals surface area (Å²) in [4.78, 5) is 8.76. The average Bonchev–Trinajstić information content (AvgIpc) is 3.01. The Kier molecular flexibility index (Phi) is 5.72. The topological polar surface area (TPSA) is 61.0 Å². The lowest BCUT2D eigenvalue weighted by Crippen LogP contribution is -2.43. The van der Waals surface area contributed by atoms with E-state index in [1.165, 1.54) is 0 Å². The molecule has 3 aromatic rings. The number of aromatic nitrogens is 2. The molecule has 0 radical (unpaired) electrons. The third-order valence-corrected chi connectivity index (χ3v) is 10.3. The fourth-order valence-electron chi connectivity index (χ4n) is 2.33. The molecule has 0 amide bonds. The SMILES string of the molecule is CC(C)(C)[Si](C)(C)Oc1ccc2nc(C=CC=Cc3ccc(N)nc3)sc2c1. The van der Waals surface area contributed by atoms with E-state index >= 15 is 0 Å². The summed E-state index contributed by atoms with van der Waals surface area (Å²) in [5.41, 5.74) is 7.61. The van der Waals surface area contributed by atoms with Gasteiger partial charge >= 0.3 is 0 Å². The lowest BCUT2D eigenvalue weighted by atomic mass is 10.2. The van der Waals surface area contributed by atoms with Gasteiger partial charge in [-0.2, -0.15) is 0 Å². The van der Waals surface area contributed by atoms with Crippen LogP contribution in [0.2, 0.25) is 18.1 Å². The van der Waals surface area contributed by atoms with E-state index in [0.29, 0.717) is 5.82 Å². The first-order chi connectivity index (χ1) is 13.1. The van der Waals surface area contributed by atoms with Crippen LogP contribution < -0.4 is 10.2 Å². The van der Waals surface area contributed by atoms with E-state index in [0.717, 1.165) is 26.5 Å². The molecular formula is C22H27N3OSSi. The molecule has 0 fully saturated rings. The van der Waals surface area contributed by atoms with Gasteiger partial charge in [-0.3, -0.25) is 0 Å².